The minimum Gasteiger partial charge on any atom is -0.398 e. The summed E-state index contributed by atoms with van der Waals surface area (Å²) < 4.78 is 0. The first-order valence-corrected chi connectivity index (χ1v) is 7.57. The summed E-state index contributed by atoms with van der Waals surface area (Å²) in [5.41, 5.74) is 7.64. The largest absolute Gasteiger partial charge is 0.398 e. The van der Waals surface area contributed by atoms with Gasteiger partial charge in [-0.3, -0.25) is 4.79 Å². The summed E-state index contributed by atoms with van der Waals surface area (Å²) in [5.74, 6) is 0.468. The molecule has 0 radical (unpaired) electrons. The number of carbonyl (C=O) groups is 1. The van der Waals surface area contributed by atoms with Crippen molar-refractivity contribution in [3.63, 3.8) is 0 Å². The standard InChI is InChI=1S/C14H17ClN2OS/c1-17(11-4-2-3-5-11)14(18)9-19-13-8-10(15)6-7-12(13)16/h4,6-8H,2-3,5,9,16H2,1H3. The molecular formula is C14H17ClN2OS. The van der Waals surface area contributed by atoms with E-state index in [0.717, 1.165) is 29.9 Å². The van der Waals surface area contributed by atoms with Gasteiger partial charge >= 0.3 is 0 Å². The summed E-state index contributed by atoms with van der Waals surface area (Å²) in [6, 6.07) is 5.31. The molecule has 1 aromatic rings. The topological polar surface area (TPSA) is 46.3 Å². The van der Waals surface area contributed by atoms with Crippen LogP contribution in [0.25, 0.3) is 0 Å². The lowest BCUT2D eigenvalue weighted by Crippen LogP contribution is -2.27. The van der Waals surface area contributed by atoms with Crippen molar-refractivity contribution >= 4 is 35.0 Å². The number of anilines is 1. The van der Waals surface area contributed by atoms with E-state index in [4.69, 9.17) is 17.3 Å². The lowest BCUT2D eigenvalue weighted by Gasteiger charge is -2.18. The second-order valence-corrected chi connectivity index (χ2v) is 5.96. The van der Waals surface area contributed by atoms with Gasteiger partial charge in [-0.15, -0.1) is 11.8 Å². The van der Waals surface area contributed by atoms with Gasteiger partial charge in [0.2, 0.25) is 5.91 Å². The molecule has 0 spiro atoms. The molecule has 102 valence electrons. The van der Waals surface area contributed by atoms with E-state index in [2.05, 4.69) is 6.08 Å². The highest BCUT2D eigenvalue weighted by Gasteiger charge is 2.16. The van der Waals surface area contributed by atoms with Crippen LogP contribution < -0.4 is 5.73 Å². The Hall–Kier alpha value is -1.13. The first kappa shape index (κ1) is 14.3. The highest BCUT2D eigenvalue weighted by molar-refractivity contribution is 8.00. The van der Waals surface area contributed by atoms with E-state index in [9.17, 15) is 4.79 Å². The van der Waals surface area contributed by atoms with Crippen LogP contribution in [-0.2, 0) is 4.79 Å². The molecule has 1 amide bonds. The van der Waals surface area contributed by atoms with Gasteiger partial charge in [-0.2, -0.15) is 0 Å². The molecule has 3 nitrogen and oxygen atoms in total. The highest BCUT2D eigenvalue weighted by atomic mass is 35.5. The average Bonchev–Trinajstić information content (AvgIpc) is 2.92. The Balaban J connectivity index is 1.94. The minimum absolute atomic E-state index is 0.0949. The van der Waals surface area contributed by atoms with Gasteiger partial charge in [0.25, 0.3) is 0 Å². The predicted molar refractivity (Wildman–Crippen MR) is 81.3 cm³/mol. The maximum atomic E-state index is 12.1. The first-order chi connectivity index (χ1) is 9.08. The molecule has 5 heteroatoms. The normalized spacial score (nSPS) is 14.3. The molecule has 1 aliphatic rings. The molecular weight excluding hydrogens is 280 g/mol. The van der Waals surface area contributed by atoms with Crippen molar-refractivity contribution in [3.8, 4) is 0 Å². The Bertz CT molecular complexity index is 516. The number of thioether (sulfide) groups is 1. The second kappa shape index (κ2) is 6.35. The van der Waals surface area contributed by atoms with Crippen LogP contribution in [0, 0.1) is 0 Å². The van der Waals surface area contributed by atoms with Crippen molar-refractivity contribution in [3.05, 3.63) is 35.0 Å². The number of benzene rings is 1. The zero-order valence-corrected chi connectivity index (χ0v) is 12.4. The quantitative estimate of drug-likeness (QED) is 0.683. The van der Waals surface area contributed by atoms with Gasteiger partial charge < -0.3 is 10.6 Å². The fourth-order valence-electron chi connectivity index (χ4n) is 1.99. The number of halogens is 1. The predicted octanol–water partition coefficient (Wildman–Crippen LogP) is 3.54. The van der Waals surface area contributed by atoms with Crippen LogP contribution in [0.5, 0.6) is 0 Å². The number of carbonyl (C=O) groups excluding carboxylic acids is 1. The van der Waals surface area contributed by atoms with Crippen molar-refractivity contribution in [2.75, 3.05) is 18.5 Å². The number of allylic oxidation sites excluding steroid dienone is 2. The summed E-state index contributed by atoms with van der Waals surface area (Å²) in [5, 5.41) is 0.635. The van der Waals surface area contributed by atoms with Gasteiger partial charge in [-0.1, -0.05) is 17.7 Å². The van der Waals surface area contributed by atoms with E-state index in [0.29, 0.717) is 16.5 Å². The fraction of sp³-hybridized carbons (Fsp3) is 0.357. The molecule has 1 aliphatic carbocycles. The number of nitrogen functional groups attached to an aromatic ring is 1. The van der Waals surface area contributed by atoms with Gasteiger partial charge in [0.15, 0.2) is 0 Å². The van der Waals surface area contributed by atoms with Crippen molar-refractivity contribution < 1.29 is 4.79 Å². The third-order valence-corrected chi connectivity index (χ3v) is 4.44. The van der Waals surface area contributed by atoms with Crippen molar-refractivity contribution in [1.82, 2.24) is 4.90 Å². The number of nitrogens with zero attached hydrogens (tertiary/aromatic N) is 1. The molecule has 0 bridgehead atoms. The third-order valence-electron chi connectivity index (χ3n) is 3.15. The molecule has 0 atom stereocenters. The molecule has 19 heavy (non-hydrogen) atoms. The summed E-state index contributed by atoms with van der Waals surface area (Å²) >= 11 is 7.35. The van der Waals surface area contributed by atoms with Crippen LogP contribution in [-0.4, -0.2) is 23.6 Å². The van der Waals surface area contributed by atoms with Gasteiger partial charge in [0.05, 0.1) is 5.75 Å². The van der Waals surface area contributed by atoms with Crippen LogP contribution in [0.1, 0.15) is 19.3 Å². The summed E-state index contributed by atoms with van der Waals surface area (Å²) in [6.07, 6.45) is 5.34. The van der Waals surface area contributed by atoms with E-state index in [1.165, 1.54) is 11.8 Å². The smallest absolute Gasteiger partial charge is 0.236 e. The second-order valence-electron chi connectivity index (χ2n) is 4.51. The van der Waals surface area contributed by atoms with Crippen LogP contribution in [0.4, 0.5) is 5.69 Å². The molecule has 2 rings (SSSR count). The van der Waals surface area contributed by atoms with E-state index >= 15 is 0 Å². The number of hydrogen-bond donors (Lipinski definition) is 1. The number of nitrogens with two attached hydrogens (primary N) is 1. The zero-order chi connectivity index (χ0) is 13.8. The van der Waals surface area contributed by atoms with Crippen LogP contribution >= 0.6 is 23.4 Å². The molecule has 2 N–H and O–H groups in total. The first-order valence-electron chi connectivity index (χ1n) is 6.21. The van der Waals surface area contributed by atoms with Crippen LogP contribution in [0.15, 0.2) is 34.9 Å². The van der Waals surface area contributed by atoms with Gasteiger partial charge in [-0.05, 0) is 37.5 Å². The maximum absolute atomic E-state index is 12.1. The van der Waals surface area contributed by atoms with Crippen molar-refractivity contribution in [1.29, 1.82) is 0 Å². The molecule has 0 heterocycles. The average molecular weight is 297 g/mol. The third kappa shape index (κ3) is 3.67. The van der Waals surface area contributed by atoms with Gasteiger partial charge in [0.1, 0.15) is 0 Å². The highest BCUT2D eigenvalue weighted by Crippen LogP contribution is 2.29. The van der Waals surface area contributed by atoms with E-state index in [-0.39, 0.29) is 5.91 Å². The molecule has 1 aromatic carbocycles. The van der Waals surface area contributed by atoms with E-state index < -0.39 is 0 Å². The number of rotatable bonds is 4. The van der Waals surface area contributed by atoms with Gasteiger partial charge in [-0.25, -0.2) is 0 Å². The lowest BCUT2D eigenvalue weighted by molar-refractivity contribution is -0.125. The van der Waals surface area contributed by atoms with E-state index in [1.54, 1.807) is 23.1 Å². The van der Waals surface area contributed by atoms with Crippen molar-refractivity contribution in [2.24, 2.45) is 0 Å². The zero-order valence-electron chi connectivity index (χ0n) is 10.9. The molecule has 0 saturated heterocycles. The number of hydrogen-bond acceptors (Lipinski definition) is 3. The summed E-state index contributed by atoms with van der Waals surface area (Å²) in [7, 11) is 1.83. The fourth-order valence-corrected chi connectivity index (χ4v) is 3.14. The SMILES string of the molecule is CN(C(=O)CSc1cc(Cl)ccc1N)C1=CCCC1. The molecule has 0 aromatic heterocycles. The lowest BCUT2D eigenvalue weighted by atomic mass is 10.3. The Morgan fingerprint density at radius 2 is 2.32 bits per heavy atom. The monoisotopic (exact) mass is 296 g/mol. The Morgan fingerprint density at radius 1 is 1.53 bits per heavy atom. The van der Waals surface area contributed by atoms with Gasteiger partial charge in [0, 0.05) is 28.4 Å². The summed E-state index contributed by atoms with van der Waals surface area (Å²) in [4.78, 5) is 14.7. The van der Waals surface area contributed by atoms with Crippen LogP contribution in [0.2, 0.25) is 5.02 Å². The van der Waals surface area contributed by atoms with E-state index in [1.807, 2.05) is 7.05 Å². The van der Waals surface area contributed by atoms with Crippen LogP contribution in [0.3, 0.4) is 0 Å². The molecule has 0 aliphatic heterocycles. The minimum atomic E-state index is 0.0949. The molecule has 0 unspecified atom stereocenters. The maximum Gasteiger partial charge on any atom is 0.236 e. The van der Waals surface area contributed by atoms with Crippen molar-refractivity contribution in [2.45, 2.75) is 24.2 Å². The Labute approximate surface area is 122 Å². The Kier molecular flexibility index (Phi) is 4.77. The summed E-state index contributed by atoms with van der Waals surface area (Å²) in [6.45, 7) is 0. The molecule has 0 saturated carbocycles. The number of amides is 1. The molecule has 0 fully saturated rings. The Morgan fingerprint density at radius 3 is 3.00 bits per heavy atom.